The van der Waals surface area contributed by atoms with E-state index in [4.69, 9.17) is 11.6 Å². The second kappa shape index (κ2) is 6.67. The Hall–Kier alpha value is -2.26. The Morgan fingerprint density at radius 1 is 1.14 bits per heavy atom. The van der Waals surface area contributed by atoms with Crippen LogP contribution >= 0.6 is 11.6 Å². The van der Waals surface area contributed by atoms with Crippen molar-refractivity contribution in [2.24, 2.45) is 0 Å². The summed E-state index contributed by atoms with van der Waals surface area (Å²) in [7, 11) is 0. The highest BCUT2D eigenvalue weighted by atomic mass is 35.5. The molecule has 1 heterocycles. The number of nitrogens with one attached hydrogen (secondary N) is 2. The Labute approximate surface area is 134 Å². The highest BCUT2D eigenvalue weighted by molar-refractivity contribution is 6.31. The molecule has 0 bridgehead atoms. The molecule has 2 aromatic carbocycles. The Balaban J connectivity index is 1.58. The molecule has 0 aliphatic heterocycles. The van der Waals surface area contributed by atoms with Gasteiger partial charge in [0.05, 0.1) is 6.42 Å². The Morgan fingerprint density at radius 2 is 1.95 bits per heavy atom. The van der Waals surface area contributed by atoms with E-state index in [1.807, 2.05) is 42.6 Å². The van der Waals surface area contributed by atoms with Crippen LogP contribution in [0, 0.1) is 0 Å². The van der Waals surface area contributed by atoms with E-state index >= 15 is 0 Å². The van der Waals surface area contributed by atoms with Crippen LogP contribution in [0.1, 0.15) is 11.1 Å². The van der Waals surface area contributed by atoms with Gasteiger partial charge in [-0.05, 0) is 35.7 Å². The van der Waals surface area contributed by atoms with Crippen molar-refractivity contribution >= 4 is 28.4 Å². The van der Waals surface area contributed by atoms with E-state index in [2.05, 4.69) is 22.4 Å². The first-order valence-electron chi connectivity index (χ1n) is 7.28. The topological polar surface area (TPSA) is 44.9 Å². The molecule has 0 saturated heterocycles. The van der Waals surface area contributed by atoms with Crippen LogP contribution in [0.3, 0.4) is 0 Å². The molecule has 3 nitrogen and oxygen atoms in total. The summed E-state index contributed by atoms with van der Waals surface area (Å²) < 4.78 is 0. The van der Waals surface area contributed by atoms with Gasteiger partial charge in [0.1, 0.15) is 0 Å². The number of H-pyrrole nitrogens is 1. The number of carbonyl (C=O) groups is 1. The SMILES string of the molecule is O=C(Cc1c[nH]c2ccc(Cl)cc12)NCCc1ccccc1. The number of aromatic amines is 1. The summed E-state index contributed by atoms with van der Waals surface area (Å²) in [6.07, 6.45) is 3.07. The molecule has 1 aromatic heterocycles. The van der Waals surface area contributed by atoms with E-state index in [9.17, 15) is 4.79 Å². The van der Waals surface area contributed by atoms with Gasteiger partial charge in [-0.3, -0.25) is 4.79 Å². The van der Waals surface area contributed by atoms with Gasteiger partial charge in [0.25, 0.3) is 0 Å². The van der Waals surface area contributed by atoms with Gasteiger partial charge >= 0.3 is 0 Å². The number of hydrogen-bond donors (Lipinski definition) is 2. The smallest absolute Gasteiger partial charge is 0.224 e. The molecule has 22 heavy (non-hydrogen) atoms. The number of amides is 1. The third-order valence-corrected chi connectivity index (χ3v) is 3.89. The molecule has 3 aromatic rings. The van der Waals surface area contributed by atoms with Crippen molar-refractivity contribution in [1.82, 2.24) is 10.3 Å². The third kappa shape index (κ3) is 3.49. The molecule has 0 fully saturated rings. The molecule has 0 aliphatic rings. The van der Waals surface area contributed by atoms with Crippen LogP contribution in [-0.4, -0.2) is 17.4 Å². The second-order valence-corrected chi connectivity index (χ2v) is 5.70. The van der Waals surface area contributed by atoms with Crippen molar-refractivity contribution in [2.45, 2.75) is 12.8 Å². The van der Waals surface area contributed by atoms with Crippen molar-refractivity contribution in [3.63, 3.8) is 0 Å². The first kappa shape index (κ1) is 14.7. The summed E-state index contributed by atoms with van der Waals surface area (Å²) in [4.78, 5) is 15.2. The van der Waals surface area contributed by atoms with Gasteiger partial charge in [-0.25, -0.2) is 0 Å². The molecule has 0 radical (unpaired) electrons. The summed E-state index contributed by atoms with van der Waals surface area (Å²) in [5.41, 5.74) is 3.19. The summed E-state index contributed by atoms with van der Waals surface area (Å²) >= 11 is 6.02. The van der Waals surface area contributed by atoms with Gasteiger partial charge in [-0.1, -0.05) is 41.9 Å². The maximum Gasteiger partial charge on any atom is 0.224 e. The molecule has 112 valence electrons. The van der Waals surface area contributed by atoms with Crippen LogP contribution in [0.25, 0.3) is 10.9 Å². The number of benzene rings is 2. The second-order valence-electron chi connectivity index (χ2n) is 5.27. The number of carbonyl (C=O) groups excluding carboxylic acids is 1. The number of rotatable bonds is 5. The molecule has 0 saturated carbocycles. The first-order valence-corrected chi connectivity index (χ1v) is 7.66. The van der Waals surface area contributed by atoms with Crippen LogP contribution in [0.15, 0.2) is 54.7 Å². The minimum atomic E-state index is 0.0248. The van der Waals surface area contributed by atoms with Crippen LogP contribution in [0.5, 0.6) is 0 Å². The van der Waals surface area contributed by atoms with E-state index < -0.39 is 0 Å². The number of hydrogen-bond acceptors (Lipinski definition) is 1. The molecular formula is C18H17ClN2O. The molecule has 0 unspecified atom stereocenters. The molecular weight excluding hydrogens is 296 g/mol. The summed E-state index contributed by atoms with van der Waals surface area (Å²) in [5, 5.41) is 4.65. The van der Waals surface area contributed by atoms with Crippen molar-refractivity contribution in [3.8, 4) is 0 Å². The van der Waals surface area contributed by atoms with Crippen LogP contribution < -0.4 is 5.32 Å². The zero-order valence-electron chi connectivity index (χ0n) is 12.1. The van der Waals surface area contributed by atoms with Crippen molar-refractivity contribution < 1.29 is 4.79 Å². The largest absolute Gasteiger partial charge is 0.361 e. The predicted octanol–water partition coefficient (Wildman–Crippen LogP) is 3.72. The standard InChI is InChI=1S/C18H17ClN2O/c19-15-6-7-17-16(11-15)14(12-21-17)10-18(22)20-9-8-13-4-2-1-3-5-13/h1-7,11-12,21H,8-10H2,(H,20,22). The minimum Gasteiger partial charge on any atom is -0.361 e. The average molecular weight is 313 g/mol. The van der Waals surface area contributed by atoms with Crippen LogP contribution in [0.4, 0.5) is 0 Å². The number of aromatic nitrogens is 1. The van der Waals surface area contributed by atoms with Crippen molar-refractivity contribution in [1.29, 1.82) is 0 Å². The summed E-state index contributed by atoms with van der Waals surface area (Å²) in [5.74, 6) is 0.0248. The fourth-order valence-corrected chi connectivity index (χ4v) is 2.70. The highest BCUT2D eigenvalue weighted by Gasteiger charge is 2.09. The van der Waals surface area contributed by atoms with E-state index in [0.717, 1.165) is 22.9 Å². The van der Waals surface area contributed by atoms with Crippen molar-refractivity contribution in [3.05, 3.63) is 70.9 Å². The molecule has 0 spiro atoms. The molecule has 2 N–H and O–H groups in total. The van der Waals surface area contributed by atoms with Gasteiger partial charge < -0.3 is 10.3 Å². The van der Waals surface area contributed by atoms with Gasteiger partial charge in [-0.2, -0.15) is 0 Å². The van der Waals surface area contributed by atoms with E-state index in [1.165, 1.54) is 5.56 Å². The zero-order valence-corrected chi connectivity index (χ0v) is 12.9. The fraction of sp³-hybridized carbons (Fsp3) is 0.167. The average Bonchev–Trinajstić information content (AvgIpc) is 2.90. The monoisotopic (exact) mass is 312 g/mol. The zero-order chi connectivity index (χ0) is 15.4. The van der Waals surface area contributed by atoms with E-state index in [0.29, 0.717) is 18.0 Å². The van der Waals surface area contributed by atoms with E-state index in [1.54, 1.807) is 0 Å². The fourth-order valence-electron chi connectivity index (χ4n) is 2.52. The van der Waals surface area contributed by atoms with Gasteiger partial charge in [0.15, 0.2) is 0 Å². The first-order chi connectivity index (χ1) is 10.7. The van der Waals surface area contributed by atoms with Crippen LogP contribution in [-0.2, 0) is 17.6 Å². The van der Waals surface area contributed by atoms with Crippen LogP contribution in [0.2, 0.25) is 5.02 Å². The Kier molecular flexibility index (Phi) is 4.45. The predicted molar refractivity (Wildman–Crippen MR) is 90.2 cm³/mol. The Morgan fingerprint density at radius 3 is 2.77 bits per heavy atom. The molecule has 3 rings (SSSR count). The van der Waals surface area contributed by atoms with Crippen molar-refractivity contribution in [2.75, 3.05) is 6.54 Å². The molecule has 0 aliphatic carbocycles. The van der Waals surface area contributed by atoms with Gasteiger partial charge in [0.2, 0.25) is 5.91 Å². The maximum absolute atomic E-state index is 12.1. The molecule has 0 atom stereocenters. The summed E-state index contributed by atoms with van der Waals surface area (Å²) in [6, 6.07) is 15.8. The minimum absolute atomic E-state index is 0.0248. The normalized spacial score (nSPS) is 10.8. The molecule has 1 amide bonds. The Bertz CT molecular complexity index is 780. The number of fused-ring (bicyclic) bond motifs is 1. The number of halogens is 1. The highest BCUT2D eigenvalue weighted by Crippen LogP contribution is 2.22. The van der Waals surface area contributed by atoms with Gasteiger partial charge in [0, 0.05) is 28.7 Å². The quantitative estimate of drug-likeness (QED) is 0.741. The lowest BCUT2D eigenvalue weighted by Crippen LogP contribution is -2.27. The lowest BCUT2D eigenvalue weighted by molar-refractivity contribution is -0.120. The molecule has 4 heteroatoms. The van der Waals surface area contributed by atoms with E-state index in [-0.39, 0.29) is 5.91 Å². The van der Waals surface area contributed by atoms with Gasteiger partial charge in [-0.15, -0.1) is 0 Å². The maximum atomic E-state index is 12.1. The summed E-state index contributed by atoms with van der Waals surface area (Å²) in [6.45, 7) is 0.645. The third-order valence-electron chi connectivity index (χ3n) is 3.66. The lowest BCUT2D eigenvalue weighted by atomic mass is 10.1. The lowest BCUT2D eigenvalue weighted by Gasteiger charge is -2.05.